The van der Waals surface area contributed by atoms with Gasteiger partial charge >= 0.3 is 6.18 Å². The molecule has 4 rings (SSSR count). The maximum atomic E-state index is 13.5. The summed E-state index contributed by atoms with van der Waals surface area (Å²) in [5.74, 6) is -0.882. The number of carbonyl (C=O) groups excluding carboxylic acids is 1. The molecule has 10 heteroatoms. The van der Waals surface area contributed by atoms with Crippen molar-refractivity contribution in [2.45, 2.75) is 43.8 Å². The summed E-state index contributed by atoms with van der Waals surface area (Å²) in [4.78, 5) is 14.1. The Bertz CT molecular complexity index is 955. The van der Waals surface area contributed by atoms with Crippen LogP contribution in [0.3, 0.4) is 0 Å². The van der Waals surface area contributed by atoms with E-state index in [2.05, 4.69) is 10.2 Å². The molecule has 1 aromatic heterocycles. The number of halogens is 4. The molecule has 2 aliphatic rings. The number of nitrogens with zero attached hydrogens (tertiary/aromatic N) is 3. The van der Waals surface area contributed by atoms with Gasteiger partial charge in [-0.25, -0.2) is 4.39 Å². The number of alkyl halides is 3. The first-order valence-corrected chi connectivity index (χ1v) is 9.49. The highest BCUT2D eigenvalue weighted by atomic mass is 32.1. The Labute approximate surface area is 163 Å². The number of carbonyl (C=O) groups is 1. The highest BCUT2D eigenvalue weighted by Gasteiger charge is 2.36. The van der Waals surface area contributed by atoms with Crippen LogP contribution in [-0.2, 0) is 6.18 Å². The number of piperidine rings is 1. The third kappa shape index (κ3) is 3.57. The Hall–Kier alpha value is -2.23. The molecule has 5 nitrogen and oxygen atoms in total. The first-order chi connectivity index (χ1) is 13.3. The zero-order valence-corrected chi connectivity index (χ0v) is 15.6. The Morgan fingerprint density at radius 3 is 2.46 bits per heavy atom. The molecule has 1 aromatic carbocycles. The van der Waals surface area contributed by atoms with Gasteiger partial charge in [0, 0.05) is 30.6 Å². The summed E-state index contributed by atoms with van der Waals surface area (Å²) in [5, 5.41) is 7.19. The highest BCUT2D eigenvalue weighted by Crippen LogP contribution is 2.39. The van der Waals surface area contributed by atoms with Crippen molar-refractivity contribution in [3.63, 3.8) is 0 Å². The third-order valence-electron chi connectivity index (χ3n) is 5.31. The number of aromatic nitrogens is 3. The van der Waals surface area contributed by atoms with E-state index >= 15 is 0 Å². The van der Waals surface area contributed by atoms with Crippen molar-refractivity contribution in [2.75, 3.05) is 13.1 Å². The van der Waals surface area contributed by atoms with E-state index in [1.54, 1.807) is 0 Å². The maximum Gasteiger partial charge on any atom is 0.419 e. The lowest BCUT2D eigenvalue weighted by molar-refractivity contribution is -0.140. The van der Waals surface area contributed by atoms with Crippen LogP contribution in [0.25, 0.3) is 0 Å². The summed E-state index contributed by atoms with van der Waals surface area (Å²) in [6.45, 7) is 0.791. The number of benzene rings is 1. The van der Waals surface area contributed by atoms with Gasteiger partial charge in [0.1, 0.15) is 11.6 Å². The number of hydrogen-bond acceptors (Lipinski definition) is 3. The molecule has 1 saturated heterocycles. The van der Waals surface area contributed by atoms with E-state index in [0.717, 1.165) is 24.7 Å². The van der Waals surface area contributed by atoms with Crippen LogP contribution in [0.2, 0.25) is 0 Å². The number of amides is 1. The zero-order chi connectivity index (χ0) is 20.1. The normalized spacial score (nSPS) is 18.5. The number of rotatable bonds is 3. The summed E-state index contributed by atoms with van der Waals surface area (Å²) in [6, 6.07) is 2.76. The molecule has 0 radical (unpaired) electrons. The Balaban J connectivity index is 1.47. The fourth-order valence-electron chi connectivity index (χ4n) is 3.69. The van der Waals surface area contributed by atoms with E-state index < -0.39 is 23.5 Å². The predicted molar refractivity (Wildman–Crippen MR) is 95.0 cm³/mol. The molecule has 0 spiro atoms. The molecule has 2 heterocycles. The van der Waals surface area contributed by atoms with Gasteiger partial charge in [-0.15, -0.1) is 0 Å². The summed E-state index contributed by atoms with van der Waals surface area (Å²) >= 11 is 5.30. The van der Waals surface area contributed by atoms with Gasteiger partial charge in [-0.2, -0.15) is 18.3 Å². The van der Waals surface area contributed by atoms with Gasteiger partial charge in [0.25, 0.3) is 5.91 Å². The van der Waals surface area contributed by atoms with Crippen LogP contribution in [0, 0.1) is 10.6 Å². The predicted octanol–water partition coefficient (Wildman–Crippen LogP) is 4.45. The van der Waals surface area contributed by atoms with Gasteiger partial charge in [-0.1, -0.05) is 0 Å². The molecule has 28 heavy (non-hydrogen) atoms. The summed E-state index contributed by atoms with van der Waals surface area (Å²) in [7, 11) is 0. The average Bonchev–Trinajstić information content (AvgIpc) is 3.42. The van der Waals surface area contributed by atoms with Crippen LogP contribution in [0.15, 0.2) is 18.2 Å². The van der Waals surface area contributed by atoms with Crippen molar-refractivity contribution < 1.29 is 22.4 Å². The van der Waals surface area contributed by atoms with E-state index in [0.29, 0.717) is 48.9 Å². The van der Waals surface area contributed by atoms with Crippen LogP contribution in [0.5, 0.6) is 0 Å². The van der Waals surface area contributed by atoms with Gasteiger partial charge in [-0.3, -0.25) is 9.89 Å². The molecule has 0 bridgehead atoms. The third-order valence-corrected chi connectivity index (χ3v) is 5.60. The Morgan fingerprint density at radius 2 is 1.86 bits per heavy atom. The molecule has 150 valence electrons. The van der Waals surface area contributed by atoms with Gasteiger partial charge in [0.15, 0.2) is 4.77 Å². The summed E-state index contributed by atoms with van der Waals surface area (Å²) in [6.07, 6.45) is -1.41. The topological polar surface area (TPSA) is 53.9 Å². The Morgan fingerprint density at radius 1 is 1.18 bits per heavy atom. The number of nitrogens with one attached hydrogen (secondary N) is 1. The van der Waals surface area contributed by atoms with Crippen molar-refractivity contribution in [2.24, 2.45) is 0 Å². The van der Waals surface area contributed by atoms with Crippen molar-refractivity contribution in [1.29, 1.82) is 0 Å². The fraction of sp³-hybridized carbons (Fsp3) is 0.500. The van der Waals surface area contributed by atoms with Crippen molar-refractivity contribution >= 4 is 18.1 Å². The molecular weight excluding hydrogens is 396 g/mol. The van der Waals surface area contributed by atoms with Gasteiger partial charge in [-0.05, 0) is 56.1 Å². The number of aromatic amines is 1. The molecule has 0 unspecified atom stereocenters. The zero-order valence-electron chi connectivity index (χ0n) is 14.8. The second-order valence-corrected chi connectivity index (χ2v) is 7.63. The molecule has 0 atom stereocenters. The Kier molecular flexibility index (Phi) is 4.76. The smallest absolute Gasteiger partial charge is 0.339 e. The second-order valence-electron chi connectivity index (χ2n) is 7.25. The molecule has 1 amide bonds. The minimum absolute atomic E-state index is 0.136. The van der Waals surface area contributed by atoms with Crippen LogP contribution in [0.1, 0.15) is 59.4 Å². The van der Waals surface area contributed by atoms with E-state index in [4.69, 9.17) is 12.2 Å². The van der Waals surface area contributed by atoms with E-state index in [1.165, 1.54) is 4.90 Å². The largest absolute Gasteiger partial charge is 0.419 e. The number of likely N-dealkylation sites (tertiary alicyclic amines) is 1. The SMILES string of the molecule is O=C(c1ccc(F)c(C(F)(F)F)c1)N1CCC(c2n[nH]c(=S)n2C2CC2)CC1. The molecular formula is C18H18F4N4OS. The molecule has 1 N–H and O–H groups in total. The minimum atomic E-state index is -4.84. The minimum Gasteiger partial charge on any atom is -0.339 e. The van der Waals surface area contributed by atoms with Crippen LogP contribution >= 0.6 is 12.2 Å². The molecule has 2 aromatic rings. The molecule has 1 aliphatic heterocycles. The number of H-pyrrole nitrogens is 1. The van der Waals surface area contributed by atoms with E-state index in [9.17, 15) is 22.4 Å². The second kappa shape index (κ2) is 6.98. The first kappa shape index (κ1) is 19.1. The highest BCUT2D eigenvalue weighted by molar-refractivity contribution is 7.71. The lowest BCUT2D eigenvalue weighted by Crippen LogP contribution is -2.38. The quantitative estimate of drug-likeness (QED) is 0.596. The van der Waals surface area contributed by atoms with Crippen LogP contribution in [0.4, 0.5) is 17.6 Å². The van der Waals surface area contributed by atoms with Crippen LogP contribution in [-0.4, -0.2) is 38.7 Å². The standard InChI is InChI=1S/C18H18F4N4OS/c19-14-4-1-11(9-13(14)18(20,21)22)16(27)25-7-5-10(6-8-25)15-23-24-17(28)26(15)12-2-3-12/h1,4,9-10,12H,2-3,5-8H2,(H,24,28). The van der Waals surface area contributed by atoms with Gasteiger partial charge in [0.05, 0.1) is 5.56 Å². The summed E-state index contributed by atoms with van der Waals surface area (Å²) < 4.78 is 54.8. The van der Waals surface area contributed by atoms with Gasteiger partial charge in [0.2, 0.25) is 0 Å². The van der Waals surface area contributed by atoms with E-state index in [-0.39, 0.29) is 11.5 Å². The van der Waals surface area contributed by atoms with Crippen molar-refractivity contribution in [3.05, 3.63) is 45.7 Å². The van der Waals surface area contributed by atoms with Crippen molar-refractivity contribution in [3.8, 4) is 0 Å². The summed E-state index contributed by atoms with van der Waals surface area (Å²) in [5.41, 5.74) is -1.58. The fourth-order valence-corrected chi connectivity index (χ4v) is 3.98. The first-order valence-electron chi connectivity index (χ1n) is 9.08. The number of hydrogen-bond donors (Lipinski definition) is 1. The van der Waals surface area contributed by atoms with E-state index in [1.807, 2.05) is 4.57 Å². The molecule has 1 aliphatic carbocycles. The molecule has 2 fully saturated rings. The average molecular weight is 414 g/mol. The maximum absolute atomic E-state index is 13.5. The lowest BCUT2D eigenvalue weighted by atomic mass is 9.95. The van der Waals surface area contributed by atoms with Crippen LogP contribution < -0.4 is 0 Å². The molecule has 1 saturated carbocycles. The van der Waals surface area contributed by atoms with Gasteiger partial charge < -0.3 is 9.47 Å². The monoisotopic (exact) mass is 414 g/mol. The van der Waals surface area contributed by atoms with Crippen molar-refractivity contribution in [1.82, 2.24) is 19.7 Å². The lowest BCUT2D eigenvalue weighted by Gasteiger charge is -2.32.